The number of carboxylic acids is 1. The number of carbonyl (C=O) groups excluding carboxylic acids is 1. The molecule has 0 bridgehead atoms. The van der Waals surface area contributed by atoms with Gasteiger partial charge in [-0.05, 0) is 29.0 Å². The molecule has 0 radical (unpaired) electrons. The molecular formula is C12H10N3O4-. The lowest BCUT2D eigenvalue weighted by Gasteiger charge is -2.05. The van der Waals surface area contributed by atoms with Crippen LogP contribution in [0.25, 0.3) is 0 Å². The molecule has 0 unspecified atom stereocenters. The number of carbonyl (C=O) groups is 1. The summed E-state index contributed by atoms with van der Waals surface area (Å²) in [5, 5.41) is 25.2. The van der Waals surface area contributed by atoms with Crippen molar-refractivity contribution in [2.45, 2.75) is 13.5 Å². The summed E-state index contributed by atoms with van der Waals surface area (Å²) >= 11 is 0. The highest BCUT2D eigenvalue weighted by molar-refractivity contribution is 5.85. The zero-order valence-electron chi connectivity index (χ0n) is 10.1. The summed E-state index contributed by atoms with van der Waals surface area (Å²) in [6, 6.07) is 7.56. The minimum Gasteiger partial charge on any atom is -0.545 e. The maximum Gasteiger partial charge on any atom is 0.390 e. The highest BCUT2D eigenvalue weighted by atomic mass is 16.6. The summed E-state index contributed by atoms with van der Waals surface area (Å²) < 4.78 is 1.45. The number of aromatic carboxylic acids is 1. The average Bonchev–Trinajstić information content (AvgIpc) is 2.71. The summed E-state index contributed by atoms with van der Waals surface area (Å²) in [6.45, 7) is 1.96. The monoisotopic (exact) mass is 260 g/mol. The molecular weight excluding hydrogens is 250 g/mol. The number of nitro groups is 1. The minimum absolute atomic E-state index is 0.0665. The molecule has 2 aromatic rings. The van der Waals surface area contributed by atoms with E-state index < -0.39 is 10.9 Å². The van der Waals surface area contributed by atoms with Gasteiger partial charge in [0, 0.05) is 0 Å². The van der Waals surface area contributed by atoms with Crippen LogP contribution in [0.1, 0.15) is 21.6 Å². The quantitative estimate of drug-likeness (QED) is 0.588. The van der Waals surface area contributed by atoms with Crippen molar-refractivity contribution in [1.29, 1.82) is 0 Å². The Balaban J connectivity index is 2.28. The SMILES string of the molecule is Cc1cc([N+](=O)[O-])nn1Cc1cccc(C(=O)[O-])c1. The number of rotatable bonds is 4. The van der Waals surface area contributed by atoms with E-state index in [9.17, 15) is 20.0 Å². The number of aryl methyl sites for hydroxylation is 1. The molecule has 0 aliphatic heterocycles. The molecule has 0 spiro atoms. The van der Waals surface area contributed by atoms with Gasteiger partial charge in [-0.15, -0.1) is 0 Å². The molecule has 19 heavy (non-hydrogen) atoms. The molecule has 7 heteroatoms. The first-order valence-corrected chi connectivity index (χ1v) is 5.46. The average molecular weight is 260 g/mol. The van der Waals surface area contributed by atoms with Crippen LogP contribution < -0.4 is 5.11 Å². The Kier molecular flexibility index (Phi) is 3.28. The fourth-order valence-electron chi connectivity index (χ4n) is 1.71. The molecule has 0 N–H and O–H groups in total. The van der Waals surface area contributed by atoms with Crippen LogP contribution in [0.5, 0.6) is 0 Å². The smallest absolute Gasteiger partial charge is 0.390 e. The van der Waals surface area contributed by atoms with Gasteiger partial charge in [0.2, 0.25) is 0 Å². The van der Waals surface area contributed by atoms with Crippen molar-refractivity contribution in [2.24, 2.45) is 0 Å². The van der Waals surface area contributed by atoms with Gasteiger partial charge in [-0.25, -0.2) is 0 Å². The van der Waals surface area contributed by atoms with E-state index in [1.54, 1.807) is 19.1 Å². The summed E-state index contributed by atoms with van der Waals surface area (Å²) in [5.41, 5.74) is 1.38. The largest absolute Gasteiger partial charge is 0.545 e. The van der Waals surface area contributed by atoms with Gasteiger partial charge in [0.25, 0.3) is 0 Å². The Bertz CT molecular complexity index is 648. The number of hydrogen-bond acceptors (Lipinski definition) is 5. The van der Waals surface area contributed by atoms with Crippen LogP contribution in [0, 0.1) is 17.0 Å². The highest BCUT2D eigenvalue weighted by Gasteiger charge is 2.15. The maximum atomic E-state index is 10.7. The normalized spacial score (nSPS) is 10.4. The highest BCUT2D eigenvalue weighted by Crippen LogP contribution is 2.13. The minimum atomic E-state index is -1.26. The second-order valence-electron chi connectivity index (χ2n) is 4.05. The van der Waals surface area contributed by atoms with Crippen molar-refractivity contribution in [2.75, 3.05) is 0 Å². The van der Waals surface area contributed by atoms with E-state index in [1.165, 1.54) is 22.9 Å². The third-order valence-corrected chi connectivity index (χ3v) is 2.65. The third kappa shape index (κ3) is 2.76. The molecule has 98 valence electrons. The molecule has 0 aliphatic rings. The summed E-state index contributed by atoms with van der Waals surface area (Å²) in [6.07, 6.45) is 0. The van der Waals surface area contributed by atoms with E-state index >= 15 is 0 Å². The van der Waals surface area contributed by atoms with E-state index in [-0.39, 0.29) is 17.9 Å². The van der Waals surface area contributed by atoms with Crippen molar-refractivity contribution in [3.8, 4) is 0 Å². The molecule has 0 atom stereocenters. The fourth-order valence-corrected chi connectivity index (χ4v) is 1.71. The topological polar surface area (TPSA) is 101 Å². The fraction of sp³-hybridized carbons (Fsp3) is 0.167. The molecule has 1 heterocycles. The summed E-state index contributed by atoms with van der Waals surface area (Å²) in [4.78, 5) is 20.8. The first-order valence-electron chi connectivity index (χ1n) is 5.46. The van der Waals surface area contributed by atoms with Crippen molar-refractivity contribution >= 4 is 11.8 Å². The van der Waals surface area contributed by atoms with Crippen molar-refractivity contribution in [3.05, 3.63) is 57.3 Å². The van der Waals surface area contributed by atoms with Gasteiger partial charge in [-0.1, -0.05) is 18.2 Å². The molecule has 2 rings (SSSR count). The first kappa shape index (κ1) is 12.7. The van der Waals surface area contributed by atoms with Crippen molar-refractivity contribution < 1.29 is 14.8 Å². The Labute approximate surface area is 108 Å². The van der Waals surface area contributed by atoms with E-state index in [4.69, 9.17) is 0 Å². The van der Waals surface area contributed by atoms with Gasteiger partial charge >= 0.3 is 5.82 Å². The predicted octanol–water partition coefficient (Wildman–Crippen LogP) is 0.512. The van der Waals surface area contributed by atoms with Gasteiger partial charge in [0.1, 0.15) is 0 Å². The molecule has 0 fully saturated rings. The van der Waals surface area contributed by atoms with Gasteiger partial charge < -0.3 is 20.0 Å². The lowest BCUT2D eigenvalue weighted by Crippen LogP contribution is -2.22. The maximum absolute atomic E-state index is 10.7. The number of carboxylic acid groups (broad SMARTS) is 1. The number of nitrogens with zero attached hydrogens (tertiary/aromatic N) is 3. The van der Waals surface area contributed by atoms with Crippen LogP contribution in [-0.4, -0.2) is 20.7 Å². The van der Waals surface area contributed by atoms with Gasteiger partial charge in [0.05, 0.1) is 29.4 Å². The zero-order valence-corrected chi connectivity index (χ0v) is 10.1. The van der Waals surface area contributed by atoms with Crippen LogP contribution in [0.2, 0.25) is 0 Å². The predicted molar refractivity (Wildman–Crippen MR) is 63.5 cm³/mol. The molecule has 0 saturated carbocycles. The second-order valence-corrected chi connectivity index (χ2v) is 4.05. The van der Waals surface area contributed by atoms with Gasteiger partial charge in [-0.3, -0.25) is 0 Å². The van der Waals surface area contributed by atoms with E-state index in [2.05, 4.69) is 5.10 Å². The van der Waals surface area contributed by atoms with Gasteiger partial charge in [0.15, 0.2) is 0 Å². The first-order chi connectivity index (χ1) is 8.97. The molecule has 1 aromatic carbocycles. The van der Waals surface area contributed by atoms with Crippen LogP contribution in [-0.2, 0) is 6.54 Å². The van der Waals surface area contributed by atoms with Crippen LogP contribution >= 0.6 is 0 Å². The van der Waals surface area contributed by atoms with Crippen LogP contribution in [0.4, 0.5) is 5.82 Å². The van der Waals surface area contributed by atoms with Crippen LogP contribution in [0.3, 0.4) is 0 Å². The number of aromatic nitrogens is 2. The van der Waals surface area contributed by atoms with E-state index in [0.29, 0.717) is 11.3 Å². The summed E-state index contributed by atoms with van der Waals surface area (Å²) in [5.74, 6) is -1.49. The number of hydrogen-bond donors (Lipinski definition) is 0. The van der Waals surface area contributed by atoms with Gasteiger partial charge in [-0.2, -0.15) is 4.68 Å². The molecule has 7 nitrogen and oxygen atoms in total. The van der Waals surface area contributed by atoms with Crippen LogP contribution in [0.15, 0.2) is 30.3 Å². The van der Waals surface area contributed by atoms with E-state index in [1.807, 2.05) is 0 Å². The summed E-state index contributed by atoms with van der Waals surface area (Å²) in [7, 11) is 0. The Morgan fingerprint density at radius 1 is 1.42 bits per heavy atom. The lowest BCUT2D eigenvalue weighted by molar-refractivity contribution is -0.389. The molecule has 1 aromatic heterocycles. The molecule has 0 aliphatic carbocycles. The Morgan fingerprint density at radius 3 is 2.74 bits per heavy atom. The molecule has 0 amide bonds. The number of benzene rings is 1. The standard InChI is InChI=1S/C12H11N3O4/c1-8-5-11(15(18)19)13-14(8)7-9-3-2-4-10(6-9)12(16)17/h2-6H,7H2,1H3,(H,16,17)/p-1. The Hall–Kier alpha value is -2.70. The van der Waals surface area contributed by atoms with Crippen molar-refractivity contribution in [3.63, 3.8) is 0 Å². The lowest BCUT2D eigenvalue weighted by atomic mass is 10.1. The second kappa shape index (κ2) is 4.89. The Morgan fingerprint density at radius 2 is 2.16 bits per heavy atom. The third-order valence-electron chi connectivity index (χ3n) is 2.65. The molecule has 0 saturated heterocycles. The van der Waals surface area contributed by atoms with E-state index in [0.717, 1.165) is 0 Å². The zero-order chi connectivity index (χ0) is 14.0. The van der Waals surface area contributed by atoms with Crippen molar-refractivity contribution in [1.82, 2.24) is 9.78 Å².